The van der Waals surface area contributed by atoms with Crippen LogP contribution in [0.4, 0.5) is 0 Å². The van der Waals surface area contributed by atoms with Gasteiger partial charge in [0.2, 0.25) is 5.91 Å². The Labute approximate surface area is 134 Å². The molecule has 1 fully saturated rings. The highest BCUT2D eigenvalue weighted by Gasteiger charge is 2.31. The Bertz CT molecular complexity index is 770. The van der Waals surface area contributed by atoms with Crippen LogP contribution in [0.5, 0.6) is 0 Å². The summed E-state index contributed by atoms with van der Waals surface area (Å²) in [6.07, 6.45) is 3.69. The quantitative estimate of drug-likeness (QED) is 0.935. The van der Waals surface area contributed by atoms with E-state index in [1.54, 1.807) is 20.0 Å². The summed E-state index contributed by atoms with van der Waals surface area (Å²) in [4.78, 5) is 37.9. The standard InChI is InChI=1S/C17H20N4O2/c1-11-13(17(23)20-12(2)19-11)10-16(22)21-9-5-7-15(21)14-6-3-4-8-18-14/h3-4,6,8,15H,5,7,9-10H2,1-2H3,(H,19,20,23)/t15-/m0/s1. The summed E-state index contributed by atoms with van der Waals surface area (Å²) < 4.78 is 0. The Kier molecular flexibility index (Phi) is 4.23. The number of aromatic nitrogens is 3. The van der Waals surface area contributed by atoms with Gasteiger partial charge in [-0.25, -0.2) is 4.98 Å². The number of likely N-dealkylation sites (tertiary alicyclic amines) is 1. The molecule has 2 aromatic rings. The molecular formula is C17H20N4O2. The van der Waals surface area contributed by atoms with E-state index in [9.17, 15) is 9.59 Å². The molecule has 1 aliphatic heterocycles. The molecule has 6 heteroatoms. The number of pyridine rings is 1. The van der Waals surface area contributed by atoms with E-state index in [0.717, 1.165) is 18.5 Å². The van der Waals surface area contributed by atoms with Gasteiger partial charge in [-0.1, -0.05) is 6.07 Å². The largest absolute Gasteiger partial charge is 0.334 e. The molecule has 0 aliphatic carbocycles. The molecule has 0 radical (unpaired) electrons. The van der Waals surface area contributed by atoms with Crippen LogP contribution in [0.1, 0.15) is 41.7 Å². The number of carbonyl (C=O) groups excluding carboxylic acids is 1. The lowest BCUT2D eigenvalue weighted by Crippen LogP contribution is -2.34. The maximum atomic E-state index is 12.7. The second-order valence-electron chi connectivity index (χ2n) is 5.89. The Balaban J connectivity index is 1.82. The fourth-order valence-corrected chi connectivity index (χ4v) is 3.16. The van der Waals surface area contributed by atoms with Crippen molar-refractivity contribution in [3.05, 3.63) is 57.5 Å². The van der Waals surface area contributed by atoms with Crippen molar-refractivity contribution in [3.63, 3.8) is 0 Å². The van der Waals surface area contributed by atoms with Crippen molar-refractivity contribution in [2.45, 2.75) is 39.2 Å². The van der Waals surface area contributed by atoms with Crippen LogP contribution in [0.2, 0.25) is 0 Å². The predicted octanol–water partition coefficient (Wildman–Crippen LogP) is 1.69. The maximum absolute atomic E-state index is 12.7. The lowest BCUT2D eigenvalue weighted by Gasteiger charge is -2.24. The van der Waals surface area contributed by atoms with Crippen molar-refractivity contribution < 1.29 is 4.79 Å². The van der Waals surface area contributed by atoms with E-state index >= 15 is 0 Å². The average molecular weight is 312 g/mol. The zero-order chi connectivity index (χ0) is 16.4. The number of hydrogen-bond donors (Lipinski definition) is 1. The van der Waals surface area contributed by atoms with Gasteiger partial charge in [-0.3, -0.25) is 14.6 Å². The summed E-state index contributed by atoms with van der Waals surface area (Å²) in [5, 5.41) is 0. The molecule has 1 N–H and O–H groups in total. The van der Waals surface area contributed by atoms with Crippen LogP contribution >= 0.6 is 0 Å². The van der Waals surface area contributed by atoms with Crippen LogP contribution in [0.25, 0.3) is 0 Å². The monoisotopic (exact) mass is 312 g/mol. The minimum atomic E-state index is -0.225. The number of H-pyrrole nitrogens is 1. The van der Waals surface area contributed by atoms with Crippen LogP contribution in [-0.4, -0.2) is 32.3 Å². The highest BCUT2D eigenvalue weighted by Crippen LogP contribution is 2.30. The van der Waals surface area contributed by atoms with E-state index in [1.807, 2.05) is 23.1 Å². The first-order chi connectivity index (χ1) is 11.1. The predicted molar refractivity (Wildman–Crippen MR) is 86.0 cm³/mol. The lowest BCUT2D eigenvalue weighted by atomic mass is 10.1. The molecule has 0 bridgehead atoms. The number of amides is 1. The first-order valence-electron chi connectivity index (χ1n) is 7.83. The molecule has 3 heterocycles. The Morgan fingerprint density at radius 1 is 1.39 bits per heavy atom. The summed E-state index contributed by atoms with van der Waals surface area (Å²) >= 11 is 0. The third kappa shape index (κ3) is 3.16. The van der Waals surface area contributed by atoms with Gasteiger partial charge >= 0.3 is 0 Å². The number of hydrogen-bond acceptors (Lipinski definition) is 4. The van der Waals surface area contributed by atoms with E-state index < -0.39 is 0 Å². The zero-order valence-corrected chi connectivity index (χ0v) is 13.4. The number of carbonyl (C=O) groups is 1. The van der Waals surface area contributed by atoms with E-state index in [-0.39, 0.29) is 23.9 Å². The van der Waals surface area contributed by atoms with E-state index in [4.69, 9.17) is 0 Å². The number of aryl methyl sites for hydroxylation is 2. The molecule has 3 rings (SSSR count). The molecule has 120 valence electrons. The minimum Gasteiger partial charge on any atom is -0.334 e. The van der Waals surface area contributed by atoms with Crippen molar-refractivity contribution in [3.8, 4) is 0 Å². The second-order valence-corrected chi connectivity index (χ2v) is 5.89. The topological polar surface area (TPSA) is 79.0 Å². The van der Waals surface area contributed by atoms with Crippen molar-refractivity contribution in [1.29, 1.82) is 0 Å². The highest BCUT2D eigenvalue weighted by atomic mass is 16.2. The number of nitrogens with one attached hydrogen (secondary N) is 1. The summed E-state index contributed by atoms with van der Waals surface area (Å²) in [6.45, 7) is 4.21. The molecule has 0 spiro atoms. The Morgan fingerprint density at radius 3 is 2.91 bits per heavy atom. The summed E-state index contributed by atoms with van der Waals surface area (Å²) in [5.41, 5.74) is 1.75. The maximum Gasteiger partial charge on any atom is 0.254 e. The first kappa shape index (κ1) is 15.4. The van der Waals surface area contributed by atoms with E-state index in [2.05, 4.69) is 15.0 Å². The normalized spacial score (nSPS) is 17.5. The van der Waals surface area contributed by atoms with Gasteiger partial charge in [-0.2, -0.15) is 0 Å². The van der Waals surface area contributed by atoms with Crippen LogP contribution in [0.15, 0.2) is 29.2 Å². The van der Waals surface area contributed by atoms with Gasteiger partial charge < -0.3 is 9.88 Å². The van der Waals surface area contributed by atoms with E-state index in [1.165, 1.54) is 0 Å². The second kappa shape index (κ2) is 6.32. The smallest absolute Gasteiger partial charge is 0.254 e. The zero-order valence-electron chi connectivity index (χ0n) is 13.4. The molecule has 0 unspecified atom stereocenters. The van der Waals surface area contributed by atoms with Gasteiger partial charge in [0.25, 0.3) is 5.56 Å². The SMILES string of the molecule is Cc1nc(C)c(CC(=O)N2CCC[C@H]2c2ccccn2)c(=O)[nH]1. The highest BCUT2D eigenvalue weighted by molar-refractivity contribution is 5.79. The van der Waals surface area contributed by atoms with Crippen molar-refractivity contribution >= 4 is 5.91 Å². The third-order valence-corrected chi connectivity index (χ3v) is 4.27. The molecule has 1 amide bonds. The summed E-state index contributed by atoms with van der Waals surface area (Å²) in [6, 6.07) is 5.75. The minimum absolute atomic E-state index is 0.00138. The molecule has 2 aromatic heterocycles. The van der Waals surface area contributed by atoms with Crippen LogP contribution in [-0.2, 0) is 11.2 Å². The van der Waals surface area contributed by atoms with Gasteiger partial charge in [-0.15, -0.1) is 0 Å². The van der Waals surface area contributed by atoms with Gasteiger partial charge in [-0.05, 0) is 38.8 Å². The van der Waals surface area contributed by atoms with Crippen LogP contribution in [0, 0.1) is 13.8 Å². The molecule has 1 atom stereocenters. The van der Waals surface area contributed by atoms with Crippen molar-refractivity contribution in [2.24, 2.45) is 0 Å². The summed E-state index contributed by atoms with van der Waals surface area (Å²) in [7, 11) is 0. The van der Waals surface area contributed by atoms with Crippen LogP contribution < -0.4 is 5.56 Å². The van der Waals surface area contributed by atoms with Crippen molar-refractivity contribution in [1.82, 2.24) is 19.9 Å². The first-order valence-corrected chi connectivity index (χ1v) is 7.83. The van der Waals surface area contributed by atoms with Gasteiger partial charge in [0.05, 0.1) is 18.2 Å². The fourth-order valence-electron chi connectivity index (χ4n) is 3.16. The average Bonchev–Trinajstić information content (AvgIpc) is 3.01. The Morgan fingerprint density at radius 2 is 2.22 bits per heavy atom. The molecule has 1 aliphatic rings. The van der Waals surface area contributed by atoms with Crippen molar-refractivity contribution in [2.75, 3.05) is 6.54 Å². The molecule has 23 heavy (non-hydrogen) atoms. The number of aromatic amines is 1. The van der Waals surface area contributed by atoms with Gasteiger partial charge in [0, 0.05) is 24.0 Å². The molecular weight excluding hydrogens is 292 g/mol. The number of rotatable bonds is 3. The molecule has 0 saturated carbocycles. The van der Waals surface area contributed by atoms with E-state index in [0.29, 0.717) is 23.6 Å². The lowest BCUT2D eigenvalue weighted by molar-refractivity contribution is -0.131. The van der Waals surface area contributed by atoms with Gasteiger partial charge in [0.15, 0.2) is 0 Å². The summed E-state index contributed by atoms with van der Waals surface area (Å²) in [5.74, 6) is 0.522. The molecule has 6 nitrogen and oxygen atoms in total. The fraction of sp³-hybridized carbons (Fsp3) is 0.412. The van der Waals surface area contributed by atoms with Gasteiger partial charge in [0.1, 0.15) is 5.82 Å². The molecule has 0 aromatic carbocycles. The van der Waals surface area contributed by atoms with Crippen LogP contribution in [0.3, 0.4) is 0 Å². The third-order valence-electron chi connectivity index (χ3n) is 4.27. The number of nitrogens with zero attached hydrogens (tertiary/aromatic N) is 3. The Hall–Kier alpha value is -2.50. The molecule has 1 saturated heterocycles.